The highest BCUT2D eigenvalue weighted by Crippen LogP contribution is 2.38. The summed E-state index contributed by atoms with van der Waals surface area (Å²) < 4.78 is 29.0. The average Bonchev–Trinajstić information content (AvgIpc) is 2.32. The molecule has 0 radical (unpaired) electrons. The number of sulfone groups is 1. The third-order valence-corrected chi connectivity index (χ3v) is 4.51. The first kappa shape index (κ1) is 12.7. The number of carboxylic acid groups (broad SMARTS) is 1. The number of para-hydroxylation sites is 1. The molecule has 0 fully saturated rings. The monoisotopic (exact) mass is 271 g/mol. The Hall–Kier alpha value is -1.76. The number of fused-ring (bicyclic) bond motifs is 1. The molecule has 0 amide bonds. The van der Waals surface area contributed by atoms with Crippen molar-refractivity contribution in [2.45, 2.75) is 4.90 Å². The number of carbonyl (C=O) groups is 1. The fourth-order valence-electron chi connectivity index (χ4n) is 2.00. The van der Waals surface area contributed by atoms with Crippen LogP contribution in [-0.4, -0.2) is 45.4 Å². The van der Waals surface area contributed by atoms with Gasteiger partial charge in [0.1, 0.15) is 12.3 Å². The van der Waals surface area contributed by atoms with E-state index in [0.29, 0.717) is 11.4 Å². The number of carboxylic acids is 1. The van der Waals surface area contributed by atoms with Crippen molar-refractivity contribution in [3.05, 3.63) is 18.2 Å². The Labute approximate surface area is 105 Å². The molecule has 98 valence electrons. The van der Waals surface area contributed by atoms with Crippen molar-refractivity contribution in [3.63, 3.8) is 0 Å². The quantitative estimate of drug-likeness (QED) is 0.855. The molecule has 1 aliphatic rings. The van der Waals surface area contributed by atoms with Gasteiger partial charge in [-0.2, -0.15) is 0 Å². The highest BCUT2D eigenvalue weighted by molar-refractivity contribution is 7.91. The Morgan fingerprint density at radius 3 is 2.83 bits per heavy atom. The second-order valence-corrected chi connectivity index (χ2v) is 6.02. The van der Waals surface area contributed by atoms with Crippen LogP contribution in [0.1, 0.15) is 0 Å². The first-order chi connectivity index (χ1) is 8.45. The summed E-state index contributed by atoms with van der Waals surface area (Å²) in [6.07, 6.45) is 0. The fourth-order valence-corrected chi connectivity index (χ4v) is 3.49. The first-order valence-electron chi connectivity index (χ1n) is 5.32. The van der Waals surface area contributed by atoms with E-state index in [0.717, 1.165) is 0 Å². The summed E-state index contributed by atoms with van der Waals surface area (Å²) in [5.74, 6) is -0.719. The standard InChI is InChI=1S/C11H13NO5S/c1-17-8-3-2-4-9-11(8)12(7-10(13)14)5-6-18(9,15)16/h2-4H,5-7H2,1H3,(H,13,14). The average molecular weight is 271 g/mol. The molecular formula is C11H13NO5S. The van der Waals surface area contributed by atoms with E-state index in [1.807, 2.05) is 0 Å². The van der Waals surface area contributed by atoms with Gasteiger partial charge in [-0.3, -0.25) is 4.79 Å². The molecule has 0 saturated heterocycles. The van der Waals surface area contributed by atoms with Gasteiger partial charge in [0, 0.05) is 6.54 Å². The van der Waals surface area contributed by atoms with Crippen LogP contribution in [0.5, 0.6) is 5.75 Å². The molecule has 0 bridgehead atoms. The van der Waals surface area contributed by atoms with E-state index in [2.05, 4.69) is 0 Å². The lowest BCUT2D eigenvalue weighted by Gasteiger charge is -2.30. The molecule has 1 aromatic carbocycles. The van der Waals surface area contributed by atoms with Crippen molar-refractivity contribution in [2.75, 3.05) is 30.9 Å². The lowest BCUT2D eigenvalue weighted by Crippen LogP contribution is -2.38. The second-order valence-electron chi connectivity index (χ2n) is 3.94. The highest BCUT2D eigenvalue weighted by Gasteiger charge is 2.31. The van der Waals surface area contributed by atoms with E-state index in [-0.39, 0.29) is 23.7 Å². The van der Waals surface area contributed by atoms with Gasteiger partial charge < -0.3 is 14.7 Å². The summed E-state index contributed by atoms with van der Waals surface area (Å²) in [6.45, 7) is -0.0924. The molecule has 2 rings (SSSR count). The lowest BCUT2D eigenvalue weighted by molar-refractivity contribution is -0.135. The van der Waals surface area contributed by atoms with Crippen molar-refractivity contribution in [3.8, 4) is 5.75 Å². The highest BCUT2D eigenvalue weighted by atomic mass is 32.2. The van der Waals surface area contributed by atoms with E-state index >= 15 is 0 Å². The summed E-state index contributed by atoms with van der Waals surface area (Å²) in [7, 11) is -1.93. The zero-order valence-corrected chi connectivity index (χ0v) is 10.6. The van der Waals surface area contributed by atoms with Crippen LogP contribution in [0.3, 0.4) is 0 Å². The van der Waals surface area contributed by atoms with Crippen LogP contribution in [0.15, 0.2) is 23.1 Å². The Morgan fingerprint density at radius 2 is 2.22 bits per heavy atom. The summed E-state index contributed by atoms with van der Waals surface area (Å²) >= 11 is 0. The summed E-state index contributed by atoms with van der Waals surface area (Å²) in [4.78, 5) is 12.5. The Bertz CT molecular complexity index is 581. The van der Waals surface area contributed by atoms with Gasteiger partial charge >= 0.3 is 5.97 Å². The van der Waals surface area contributed by atoms with Gasteiger partial charge in [-0.15, -0.1) is 0 Å². The van der Waals surface area contributed by atoms with Gasteiger partial charge in [-0.25, -0.2) is 8.42 Å². The molecule has 1 aliphatic heterocycles. The molecule has 0 aliphatic carbocycles. The van der Waals surface area contributed by atoms with E-state index < -0.39 is 15.8 Å². The van der Waals surface area contributed by atoms with Crippen LogP contribution in [0, 0.1) is 0 Å². The number of aliphatic carboxylic acids is 1. The van der Waals surface area contributed by atoms with Gasteiger partial charge in [0.15, 0.2) is 9.84 Å². The Balaban J connectivity index is 2.59. The predicted molar refractivity (Wildman–Crippen MR) is 64.9 cm³/mol. The van der Waals surface area contributed by atoms with E-state index in [4.69, 9.17) is 9.84 Å². The molecule has 0 spiro atoms. The van der Waals surface area contributed by atoms with Crippen LogP contribution in [0.2, 0.25) is 0 Å². The van der Waals surface area contributed by atoms with E-state index in [1.165, 1.54) is 18.1 Å². The Kier molecular flexibility index (Phi) is 3.16. The molecular weight excluding hydrogens is 258 g/mol. The van der Waals surface area contributed by atoms with Crippen molar-refractivity contribution < 1.29 is 23.1 Å². The van der Waals surface area contributed by atoms with Gasteiger partial charge in [-0.05, 0) is 12.1 Å². The minimum atomic E-state index is -3.36. The normalized spacial score (nSPS) is 17.1. The maximum atomic E-state index is 11.9. The smallest absolute Gasteiger partial charge is 0.323 e. The number of hydrogen-bond donors (Lipinski definition) is 1. The molecule has 0 atom stereocenters. The molecule has 1 heterocycles. The molecule has 0 unspecified atom stereocenters. The van der Waals surface area contributed by atoms with Crippen LogP contribution in [0.4, 0.5) is 5.69 Å². The van der Waals surface area contributed by atoms with Crippen LogP contribution in [-0.2, 0) is 14.6 Å². The first-order valence-corrected chi connectivity index (χ1v) is 6.97. The van der Waals surface area contributed by atoms with Gasteiger partial charge in [-0.1, -0.05) is 6.07 Å². The number of benzene rings is 1. The second kappa shape index (κ2) is 4.49. The van der Waals surface area contributed by atoms with Crippen LogP contribution >= 0.6 is 0 Å². The summed E-state index contributed by atoms with van der Waals surface area (Å²) in [6, 6.07) is 4.68. The number of methoxy groups -OCH3 is 1. The predicted octanol–water partition coefficient (Wildman–Crippen LogP) is 0.373. The van der Waals surface area contributed by atoms with Gasteiger partial charge in [0.25, 0.3) is 0 Å². The molecule has 1 aromatic rings. The van der Waals surface area contributed by atoms with E-state index in [9.17, 15) is 13.2 Å². The minimum absolute atomic E-state index is 0.0829. The zero-order chi connectivity index (χ0) is 13.3. The number of rotatable bonds is 3. The Morgan fingerprint density at radius 1 is 1.50 bits per heavy atom. The third kappa shape index (κ3) is 2.13. The maximum Gasteiger partial charge on any atom is 0.323 e. The molecule has 18 heavy (non-hydrogen) atoms. The molecule has 1 N–H and O–H groups in total. The minimum Gasteiger partial charge on any atom is -0.495 e. The van der Waals surface area contributed by atoms with Crippen molar-refractivity contribution in [2.24, 2.45) is 0 Å². The maximum absolute atomic E-state index is 11.9. The molecule has 6 nitrogen and oxygen atoms in total. The van der Waals surface area contributed by atoms with Crippen molar-refractivity contribution >= 4 is 21.5 Å². The van der Waals surface area contributed by atoms with Gasteiger partial charge in [0.05, 0.1) is 23.4 Å². The number of nitrogens with zero attached hydrogens (tertiary/aromatic N) is 1. The fraction of sp³-hybridized carbons (Fsp3) is 0.364. The molecule has 0 saturated carbocycles. The SMILES string of the molecule is COc1cccc2c1N(CC(=O)O)CCS2(=O)=O. The van der Waals surface area contributed by atoms with E-state index in [1.54, 1.807) is 12.1 Å². The summed E-state index contributed by atoms with van der Waals surface area (Å²) in [5.41, 5.74) is 0.341. The third-order valence-electron chi connectivity index (χ3n) is 2.79. The summed E-state index contributed by atoms with van der Waals surface area (Å²) in [5, 5.41) is 8.85. The van der Waals surface area contributed by atoms with Crippen LogP contribution in [0.25, 0.3) is 0 Å². The van der Waals surface area contributed by atoms with Crippen molar-refractivity contribution in [1.82, 2.24) is 0 Å². The van der Waals surface area contributed by atoms with Gasteiger partial charge in [0.2, 0.25) is 0 Å². The van der Waals surface area contributed by atoms with Crippen molar-refractivity contribution in [1.29, 1.82) is 0 Å². The lowest BCUT2D eigenvalue weighted by atomic mass is 10.2. The topological polar surface area (TPSA) is 83.9 Å². The molecule has 0 aromatic heterocycles. The number of ether oxygens (including phenoxy) is 1. The van der Waals surface area contributed by atoms with Crippen LogP contribution < -0.4 is 9.64 Å². The zero-order valence-electron chi connectivity index (χ0n) is 9.79. The largest absolute Gasteiger partial charge is 0.495 e. The molecule has 7 heteroatoms. The number of hydrogen-bond acceptors (Lipinski definition) is 5. The number of anilines is 1.